The van der Waals surface area contributed by atoms with Crippen molar-refractivity contribution >= 4 is 23.5 Å². The summed E-state index contributed by atoms with van der Waals surface area (Å²) in [6.07, 6.45) is 8.25. The van der Waals surface area contributed by atoms with Crippen LogP contribution >= 0.6 is 0 Å². The summed E-state index contributed by atoms with van der Waals surface area (Å²) in [7, 11) is 0. The van der Waals surface area contributed by atoms with Crippen molar-refractivity contribution in [2.24, 2.45) is 0 Å². The number of hydrogen-bond donors (Lipinski definition) is 2. The fourth-order valence-corrected chi connectivity index (χ4v) is 1.86. The van der Waals surface area contributed by atoms with Gasteiger partial charge in [-0.1, -0.05) is 63.7 Å². The number of anilines is 2. The Morgan fingerprint density at radius 3 is 1.28 bits per heavy atom. The van der Waals surface area contributed by atoms with E-state index >= 15 is 0 Å². The molecule has 0 heterocycles. The second-order valence-corrected chi connectivity index (χ2v) is 4.54. The Morgan fingerprint density at radius 1 is 0.690 bits per heavy atom. The fourth-order valence-electron chi connectivity index (χ4n) is 1.86. The molecule has 2 radical (unpaired) electrons. The molecule has 0 spiro atoms. The molecule has 0 aliphatic rings. The molecule has 0 aliphatic carbocycles. The topological polar surface area (TPSA) is 32.8 Å². The monoisotopic (exact) mass is 536 g/mol. The van der Waals surface area contributed by atoms with Gasteiger partial charge in [-0.15, -0.1) is 0 Å². The van der Waals surface area contributed by atoms with Gasteiger partial charge in [-0.05, 0) is 18.7 Å². The molecular formula is C23H26N4Y2-2. The quantitative estimate of drug-likeness (QED) is 0.322. The van der Waals surface area contributed by atoms with Gasteiger partial charge in [-0.2, -0.15) is 18.2 Å². The van der Waals surface area contributed by atoms with Crippen LogP contribution in [-0.4, -0.2) is 6.67 Å². The molecule has 29 heavy (non-hydrogen) atoms. The van der Waals surface area contributed by atoms with E-state index in [1.54, 1.807) is 12.2 Å². The third-order valence-corrected chi connectivity index (χ3v) is 3.00. The van der Waals surface area contributed by atoms with E-state index in [0.29, 0.717) is 6.67 Å². The smallest absolute Gasteiger partial charge is 0.0864 e. The average Bonchev–Trinajstić information content (AvgIpc) is 2.75. The Bertz CT molecular complexity index is 701. The van der Waals surface area contributed by atoms with Gasteiger partial charge in [0, 0.05) is 76.8 Å². The van der Waals surface area contributed by atoms with E-state index < -0.39 is 0 Å². The third-order valence-electron chi connectivity index (χ3n) is 3.00. The van der Waals surface area contributed by atoms with E-state index in [4.69, 9.17) is 13.1 Å². The van der Waals surface area contributed by atoms with Crippen LogP contribution in [0.1, 0.15) is 38.8 Å². The van der Waals surface area contributed by atoms with Crippen molar-refractivity contribution in [3.8, 4) is 0 Å². The molecule has 146 valence electrons. The fraction of sp³-hybridized carbons (Fsp3) is 0.217. The molecule has 6 heteroatoms. The van der Waals surface area contributed by atoms with E-state index in [1.807, 2.05) is 76.2 Å². The molecule has 0 aliphatic heterocycles. The molecule has 2 aromatic rings. The van der Waals surface area contributed by atoms with Gasteiger partial charge in [-0.25, -0.2) is 11.6 Å². The van der Waals surface area contributed by atoms with Crippen molar-refractivity contribution < 1.29 is 65.4 Å². The van der Waals surface area contributed by atoms with E-state index in [-0.39, 0.29) is 65.4 Å². The molecule has 0 bridgehead atoms. The first kappa shape index (κ1) is 32.4. The van der Waals surface area contributed by atoms with Gasteiger partial charge in [0.15, 0.2) is 0 Å². The van der Waals surface area contributed by atoms with Gasteiger partial charge < -0.3 is 20.3 Å². The van der Waals surface area contributed by atoms with Crippen LogP contribution in [0.3, 0.4) is 0 Å². The van der Waals surface area contributed by atoms with Crippen molar-refractivity contribution in [1.29, 1.82) is 0 Å². The summed E-state index contributed by atoms with van der Waals surface area (Å²) in [5.41, 5.74) is 3.87. The van der Waals surface area contributed by atoms with E-state index in [0.717, 1.165) is 22.5 Å². The molecule has 0 saturated heterocycles. The van der Waals surface area contributed by atoms with Crippen LogP contribution in [0.25, 0.3) is 21.8 Å². The first-order valence-electron chi connectivity index (χ1n) is 8.90. The maximum absolute atomic E-state index is 6.66. The predicted molar refractivity (Wildman–Crippen MR) is 116 cm³/mol. The molecule has 4 nitrogen and oxygen atoms in total. The van der Waals surface area contributed by atoms with Crippen molar-refractivity contribution in [3.63, 3.8) is 0 Å². The molecule has 0 aromatic heterocycles. The summed E-state index contributed by atoms with van der Waals surface area (Å²) < 4.78 is 0. The van der Waals surface area contributed by atoms with Crippen LogP contribution in [0.15, 0.2) is 48.5 Å². The van der Waals surface area contributed by atoms with Crippen LogP contribution in [0.5, 0.6) is 0 Å². The number of benzene rings is 2. The van der Waals surface area contributed by atoms with Crippen LogP contribution < -0.4 is 10.6 Å². The minimum Gasteiger partial charge on any atom is -0.478 e. The van der Waals surface area contributed by atoms with Gasteiger partial charge in [-0.3, -0.25) is 6.57 Å². The van der Waals surface area contributed by atoms with Gasteiger partial charge >= 0.3 is 0 Å². The van der Waals surface area contributed by atoms with Gasteiger partial charge in [0.25, 0.3) is 0 Å². The Labute approximate surface area is 226 Å². The third kappa shape index (κ3) is 15.2. The van der Waals surface area contributed by atoms with Crippen molar-refractivity contribution in [3.05, 3.63) is 94.9 Å². The first-order chi connectivity index (χ1) is 13.3. The zero-order valence-electron chi connectivity index (χ0n) is 17.5. The summed E-state index contributed by atoms with van der Waals surface area (Å²) in [6.45, 7) is 21.9. The van der Waals surface area contributed by atoms with Gasteiger partial charge in [0.1, 0.15) is 0 Å². The van der Waals surface area contributed by atoms with Crippen LogP contribution in [0.2, 0.25) is 0 Å². The van der Waals surface area contributed by atoms with E-state index in [2.05, 4.69) is 32.7 Å². The van der Waals surface area contributed by atoms with Crippen LogP contribution in [0.4, 0.5) is 11.4 Å². The molecule has 2 rings (SSSR count). The summed E-state index contributed by atoms with van der Waals surface area (Å²) in [5.74, 6) is 0. The Hall–Kier alpha value is -1.29. The maximum Gasteiger partial charge on any atom is 0.0864 e. The van der Waals surface area contributed by atoms with Crippen molar-refractivity contribution in [2.45, 2.75) is 27.7 Å². The Morgan fingerprint density at radius 2 is 1.00 bits per heavy atom. The SMILES string of the molecule is CC.CC.[C-]#[N+][C-]=Cc1ccc(NCNc2ccc(C=[C-][N+]#[C-])cc2)cc1.[Y].[Y]. The molecule has 0 fully saturated rings. The number of nitrogens with one attached hydrogen (secondary N) is 2. The molecule has 0 saturated carbocycles. The van der Waals surface area contributed by atoms with E-state index in [1.165, 1.54) is 0 Å². The summed E-state index contributed by atoms with van der Waals surface area (Å²) in [5, 5.41) is 6.52. The van der Waals surface area contributed by atoms with Crippen LogP contribution in [0, 0.1) is 25.5 Å². The number of hydrogen-bond acceptors (Lipinski definition) is 2. The standard InChI is InChI=1S/C19H14N4.2C2H6.2Y/c1-20-13-11-16-3-7-18(8-4-16)22-15-23-19-9-5-17(6-10-19)12-14-21-2;2*1-2;;/h3-12,22-23H,15H2;2*1-2H3;;/q-2;;;;. The molecule has 0 amide bonds. The normalized spacial score (nSPS) is 8.62. The summed E-state index contributed by atoms with van der Waals surface area (Å²) in [4.78, 5) is 6.11. The molecule has 0 unspecified atom stereocenters. The van der Waals surface area contributed by atoms with Gasteiger partial charge in [0.2, 0.25) is 0 Å². The minimum absolute atomic E-state index is 0. The van der Waals surface area contributed by atoms with E-state index in [9.17, 15) is 0 Å². The van der Waals surface area contributed by atoms with Gasteiger partial charge in [0.05, 0.1) is 12.9 Å². The van der Waals surface area contributed by atoms with Crippen LogP contribution in [-0.2, 0) is 65.4 Å². The average molecular weight is 536 g/mol. The number of rotatable bonds is 6. The van der Waals surface area contributed by atoms with Crippen molar-refractivity contribution in [1.82, 2.24) is 0 Å². The predicted octanol–water partition coefficient (Wildman–Crippen LogP) is 6.60. The minimum atomic E-state index is 0. The maximum atomic E-state index is 6.66. The second kappa shape index (κ2) is 23.0. The second-order valence-electron chi connectivity index (χ2n) is 4.54. The molecule has 0 atom stereocenters. The Balaban J connectivity index is -0.00000106. The summed E-state index contributed by atoms with van der Waals surface area (Å²) >= 11 is 0. The molecular weight excluding hydrogens is 510 g/mol. The molecule has 2 N–H and O–H groups in total. The molecule has 2 aromatic carbocycles. The summed E-state index contributed by atoms with van der Waals surface area (Å²) in [6, 6.07) is 15.5. The first-order valence-corrected chi connectivity index (χ1v) is 8.90. The number of nitrogens with zero attached hydrogens (tertiary/aromatic N) is 2. The largest absolute Gasteiger partial charge is 0.478 e. The van der Waals surface area contributed by atoms with Crippen molar-refractivity contribution in [2.75, 3.05) is 17.3 Å². The zero-order valence-corrected chi connectivity index (χ0v) is 23.2. The zero-order chi connectivity index (χ0) is 20.3. The Kier molecular flexibility index (Phi) is 25.7.